The Bertz CT molecular complexity index is 1060. The zero-order valence-electron chi connectivity index (χ0n) is 21.2. The SMILES string of the molecule is C=Cc1cc(C(C)(F)F)cc(C(F)(F)F)c1C(=C)NC(c1ccccc1)C1(N2CCCC2)CC1.CC. The fraction of sp³-hybridized carbons (Fsp3) is 0.448. The lowest BCUT2D eigenvalue weighted by Crippen LogP contribution is -2.45. The fourth-order valence-electron chi connectivity index (χ4n) is 5.14. The minimum Gasteiger partial charge on any atom is -0.376 e. The van der Waals surface area contributed by atoms with Gasteiger partial charge in [0.2, 0.25) is 0 Å². The lowest BCUT2D eigenvalue weighted by atomic mass is 9.91. The molecule has 1 aliphatic heterocycles. The summed E-state index contributed by atoms with van der Waals surface area (Å²) in [6.45, 7) is 14.0. The molecule has 4 rings (SSSR count). The third-order valence-electron chi connectivity index (χ3n) is 6.99. The summed E-state index contributed by atoms with van der Waals surface area (Å²) < 4.78 is 70.3. The van der Waals surface area contributed by atoms with E-state index in [2.05, 4.69) is 23.4 Å². The molecule has 1 saturated carbocycles. The van der Waals surface area contributed by atoms with Crippen molar-refractivity contribution >= 4 is 11.8 Å². The Morgan fingerprint density at radius 3 is 2.08 bits per heavy atom. The van der Waals surface area contributed by atoms with Gasteiger partial charge in [-0.1, -0.05) is 63.4 Å². The normalized spacial score (nSPS) is 18.1. The van der Waals surface area contributed by atoms with Crippen molar-refractivity contribution < 1.29 is 22.0 Å². The molecule has 0 spiro atoms. The predicted octanol–water partition coefficient (Wildman–Crippen LogP) is 8.42. The van der Waals surface area contributed by atoms with E-state index < -0.39 is 23.2 Å². The van der Waals surface area contributed by atoms with Crippen LogP contribution in [0.2, 0.25) is 0 Å². The summed E-state index contributed by atoms with van der Waals surface area (Å²) >= 11 is 0. The van der Waals surface area contributed by atoms with E-state index in [9.17, 15) is 22.0 Å². The van der Waals surface area contributed by atoms with Gasteiger partial charge in [-0.3, -0.25) is 4.90 Å². The summed E-state index contributed by atoms with van der Waals surface area (Å²) in [7, 11) is 0. The minimum atomic E-state index is -4.84. The average Bonchev–Trinajstić information content (AvgIpc) is 3.45. The molecule has 0 bridgehead atoms. The first-order valence-electron chi connectivity index (χ1n) is 12.5. The fourth-order valence-corrected chi connectivity index (χ4v) is 5.14. The topological polar surface area (TPSA) is 15.3 Å². The highest BCUT2D eigenvalue weighted by Crippen LogP contribution is 2.53. The van der Waals surface area contributed by atoms with Crippen LogP contribution in [0.4, 0.5) is 22.0 Å². The van der Waals surface area contributed by atoms with Crippen LogP contribution < -0.4 is 5.32 Å². The van der Waals surface area contributed by atoms with E-state index in [4.69, 9.17) is 0 Å². The Hall–Kier alpha value is -2.67. The second-order valence-corrected chi connectivity index (χ2v) is 9.34. The van der Waals surface area contributed by atoms with Crippen molar-refractivity contribution in [3.8, 4) is 0 Å². The van der Waals surface area contributed by atoms with Gasteiger partial charge in [0.25, 0.3) is 5.92 Å². The number of hydrogen-bond acceptors (Lipinski definition) is 2. The molecule has 2 aromatic carbocycles. The van der Waals surface area contributed by atoms with Crippen LogP contribution in [0.5, 0.6) is 0 Å². The van der Waals surface area contributed by atoms with Crippen molar-refractivity contribution in [2.45, 2.75) is 70.1 Å². The van der Waals surface area contributed by atoms with Crippen molar-refractivity contribution in [2.75, 3.05) is 13.1 Å². The summed E-state index contributed by atoms with van der Waals surface area (Å²) in [4.78, 5) is 2.42. The van der Waals surface area contributed by atoms with Crippen molar-refractivity contribution in [1.82, 2.24) is 10.2 Å². The van der Waals surface area contributed by atoms with Crippen molar-refractivity contribution in [3.63, 3.8) is 0 Å². The highest BCUT2D eigenvalue weighted by molar-refractivity contribution is 5.76. The molecule has 7 heteroatoms. The van der Waals surface area contributed by atoms with Crippen molar-refractivity contribution in [1.29, 1.82) is 0 Å². The zero-order valence-corrected chi connectivity index (χ0v) is 21.2. The van der Waals surface area contributed by atoms with Gasteiger partial charge in [0.05, 0.1) is 11.6 Å². The highest BCUT2D eigenvalue weighted by atomic mass is 19.4. The molecule has 1 heterocycles. The van der Waals surface area contributed by atoms with Gasteiger partial charge in [0.15, 0.2) is 0 Å². The molecule has 1 N–H and O–H groups in total. The van der Waals surface area contributed by atoms with Crippen molar-refractivity contribution in [3.05, 3.63) is 83.4 Å². The number of rotatable bonds is 8. The molecular formula is C29H35F5N2. The maximum absolute atomic E-state index is 14.1. The number of benzene rings is 2. The highest BCUT2D eigenvalue weighted by Gasteiger charge is 2.55. The van der Waals surface area contributed by atoms with Crippen LogP contribution in [0.3, 0.4) is 0 Å². The molecule has 2 fully saturated rings. The van der Waals surface area contributed by atoms with Crippen LogP contribution in [0.1, 0.15) is 80.3 Å². The van der Waals surface area contributed by atoms with Crippen LogP contribution in [0.15, 0.2) is 55.6 Å². The summed E-state index contributed by atoms with van der Waals surface area (Å²) in [5, 5.41) is 3.30. The predicted molar refractivity (Wildman–Crippen MR) is 137 cm³/mol. The van der Waals surface area contributed by atoms with E-state index in [0.29, 0.717) is 13.0 Å². The number of nitrogens with zero attached hydrogens (tertiary/aromatic N) is 1. The van der Waals surface area contributed by atoms with E-state index in [1.54, 1.807) is 0 Å². The maximum Gasteiger partial charge on any atom is 0.417 e. The van der Waals surface area contributed by atoms with E-state index in [1.807, 2.05) is 44.2 Å². The molecule has 196 valence electrons. The second kappa shape index (κ2) is 10.8. The molecule has 1 aliphatic carbocycles. The van der Waals surface area contributed by atoms with Gasteiger partial charge in [0.1, 0.15) is 0 Å². The number of halogens is 5. The molecule has 2 aromatic rings. The molecule has 2 nitrogen and oxygen atoms in total. The molecule has 1 atom stereocenters. The number of nitrogens with one attached hydrogen (secondary N) is 1. The Morgan fingerprint density at radius 2 is 1.61 bits per heavy atom. The monoisotopic (exact) mass is 506 g/mol. The first-order valence-corrected chi connectivity index (χ1v) is 12.5. The number of hydrogen-bond donors (Lipinski definition) is 1. The quantitative estimate of drug-likeness (QED) is 0.362. The minimum absolute atomic E-state index is 0.0262. The van der Waals surface area contributed by atoms with Crippen molar-refractivity contribution in [2.24, 2.45) is 0 Å². The molecule has 0 amide bonds. The molecule has 0 radical (unpaired) electrons. The Kier molecular flexibility index (Phi) is 8.33. The summed E-state index contributed by atoms with van der Waals surface area (Å²) in [6.07, 6.45) is 0.374. The molecular weight excluding hydrogens is 471 g/mol. The van der Waals surface area contributed by atoms with Crippen LogP contribution in [0, 0.1) is 0 Å². The third kappa shape index (κ3) is 5.66. The van der Waals surface area contributed by atoms with Gasteiger partial charge in [-0.25, -0.2) is 8.78 Å². The average molecular weight is 507 g/mol. The first-order chi connectivity index (χ1) is 17.0. The lowest BCUT2D eigenvalue weighted by molar-refractivity contribution is -0.138. The van der Waals surface area contributed by atoms with Crippen LogP contribution in [-0.2, 0) is 12.1 Å². The molecule has 0 aromatic heterocycles. The third-order valence-corrected chi connectivity index (χ3v) is 6.99. The van der Waals surface area contributed by atoms with E-state index in [-0.39, 0.29) is 28.4 Å². The lowest BCUT2D eigenvalue weighted by Gasteiger charge is -2.37. The maximum atomic E-state index is 14.1. The second-order valence-electron chi connectivity index (χ2n) is 9.34. The number of likely N-dealkylation sites (tertiary alicyclic amines) is 1. The molecule has 36 heavy (non-hydrogen) atoms. The van der Waals surface area contributed by atoms with Gasteiger partial charge in [-0.2, -0.15) is 13.2 Å². The first kappa shape index (κ1) is 27.9. The summed E-state index contributed by atoms with van der Waals surface area (Å²) in [5.41, 5.74) is -1.32. The Labute approximate surface area is 210 Å². The van der Waals surface area contributed by atoms with Gasteiger partial charge in [0, 0.05) is 29.3 Å². The number of alkyl halides is 5. The molecule has 1 saturated heterocycles. The van der Waals surface area contributed by atoms with Gasteiger partial charge < -0.3 is 5.32 Å². The Balaban J connectivity index is 0.00000176. The van der Waals surface area contributed by atoms with Crippen LogP contribution in [-0.4, -0.2) is 23.5 Å². The summed E-state index contributed by atoms with van der Waals surface area (Å²) in [6, 6.07) is 10.9. The zero-order chi connectivity index (χ0) is 26.7. The molecule has 2 aliphatic rings. The van der Waals surface area contributed by atoms with E-state index in [1.165, 1.54) is 6.08 Å². The van der Waals surface area contributed by atoms with Gasteiger partial charge in [-0.05, 0) is 62.0 Å². The smallest absolute Gasteiger partial charge is 0.376 e. The van der Waals surface area contributed by atoms with Crippen LogP contribution >= 0.6 is 0 Å². The van der Waals surface area contributed by atoms with E-state index >= 15 is 0 Å². The molecule has 1 unspecified atom stereocenters. The summed E-state index contributed by atoms with van der Waals surface area (Å²) in [5.74, 6) is -3.43. The Morgan fingerprint density at radius 1 is 1.03 bits per heavy atom. The standard InChI is InChI=1S/C27H29F5N2.C2H6/c1-4-19-16-21(25(3,28)29)17-22(27(30,31)32)23(19)18(2)33-24(20-10-6-5-7-11-20)26(12-13-26)34-14-8-9-15-34;1-2/h4-7,10-11,16-17,24,33H,1-2,8-9,12-15H2,3H3;1-2H3. The van der Waals surface area contributed by atoms with Gasteiger partial charge in [-0.15, -0.1) is 0 Å². The van der Waals surface area contributed by atoms with Crippen LogP contribution in [0.25, 0.3) is 11.8 Å². The van der Waals surface area contributed by atoms with E-state index in [0.717, 1.165) is 50.4 Å². The van der Waals surface area contributed by atoms with Gasteiger partial charge >= 0.3 is 6.18 Å². The largest absolute Gasteiger partial charge is 0.417 e.